The molecule has 0 spiro atoms. The SMILES string of the molecule is CCCCC/C=C\C/C=C\CCCCCCCC(=O)OCC(COC(=O)CCCCCCCCCCCCCCCCCCCCCCCC)OC(=O)CCCCCCCCCCC/C=C\CCCCCCCCCC. The third kappa shape index (κ3) is 62.5. The van der Waals surface area contributed by atoms with Gasteiger partial charge in [-0.15, -0.1) is 0 Å². The van der Waals surface area contributed by atoms with Gasteiger partial charge in [0.05, 0.1) is 0 Å². The summed E-state index contributed by atoms with van der Waals surface area (Å²) < 4.78 is 17.0. The molecular weight excluding hydrogens is 937 g/mol. The first kappa shape index (κ1) is 73.6. The zero-order valence-electron chi connectivity index (χ0n) is 51.3. The Hall–Kier alpha value is -2.37. The quantitative estimate of drug-likeness (QED) is 0.0261. The van der Waals surface area contributed by atoms with Crippen LogP contribution in [0.5, 0.6) is 0 Å². The van der Waals surface area contributed by atoms with E-state index in [2.05, 4.69) is 57.2 Å². The van der Waals surface area contributed by atoms with Crippen LogP contribution in [-0.4, -0.2) is 37.2 Å². The molecule has 446 valence electrons. The van der Waals surface area contributed by atoms with Gasteiger partial charge in [-0.1, -0.05) is 314 Å². The summed E-state index contributed by atoms with van der Waals surface area (Å²) in [7, 11) is 0. The lowest BCUT2D eigenvalue weighted by Gasteiger charge is -2.18. The molecule has 0 aliphatic carbocycles. The summed E-state index contributed by atoms with van der Waals surface area (Å²) in [5.41, 5.74) is 0. The first-order chi connectivity index (χ1) is 37.5. The maximum atomic E-state index is 12.9. The predicted octanol–water partition coefficient (Wildman–Crippen LogP) is 23.2. The fourth-order valence-electron chi connectivity index (χ4n) is 10.2. The third-order valence-corrected chi connectivity index (χ3v) is 15.4. The van der Waals surface area contributed by atoms with Crippen molar-refractivity contribution < 1.29 is 28.6 Å². The first-order valence-corrected chi connectivity index (χ1v) is 34.0. The maximum Gasteiger partial charge on any atom is 0.306 e. The topological polar surface area (TPSA) is 78.9 Å². The fraction of sp³-hybridized carbons (Fsp3) is 0.871. The monoisotopic (exact) mass is 1070 g/mol. The number of allylic oxidation sites excluding steroid dienone is 6. The van der Waals surface area contributed by atoms with E-state index in [0.717, 1.165) is 77.0 Å². The van der Waals surface area contributed by atoms with E-state index in [-0.39, 0.29) is 31.1 Å². The molecule has 0 aromatic carbocycles. The summed E-state index contributed by atoms with van der Waals surface area (Å²) in [6.07, 6.45) is 80.2. The molecule has 0 saturated heterocycles. The number of hydrogen-bond donors (Lipinski definition) is 0. The van der Waals surface area contributed by atoms with Crippen molar-refractivity contribution in [3.8, 4) is 0 Å². The minimum atomic E-state index is -0.778. The lowest BCUT2D eigenvalue weighted by atomic mass is 10.0. The highest BCUT2D eigenvalue weighted by atomic mass is 16.6. The second kappa shape index (κ2) is 65.2. The van der Waals surface area contributed by atoms with Gasteiger partial charge in [-0.25, -0.2) is 0 Å². The van der Waals surface area contributed by atoms with Crippen LogP contribution in [0.25, 0.3) is 0 Å². The molecule has 6 nitrogen and oxygen atoms in total. The van der Waals surface area contributed by atoms with Crippen LogP contribution in [0.1, 0.15) is 374 Å². The minimum Gasteiger partial charge on any atom is -0.462 e. The van der Waals surface area contributed by atoms with Gasteiger partial charge in [-0.05, 0) is 77.0 Å². The predicted molar refractivity (Wildman–Crippen MR) is 330 cm³/mol. The zero-order valence-corrected chi connectivity index (χ0v) is 51.3. The Morgan fingerprint density at radius 3 is 0.763 bits per heavy atom. The van der Waals surface area contributed by atoms with Crippen LogP contribution in [0.2, 0.25) is 0 Å². The molecule has 0 saturated carbocycles. The summed E-state index contributed by atoms with van der Waals surface area (Å²) in [4.78, 5) is 38.4. The lowest BCUT2D eigenvalue weighted by Crippen LogP contribution is -2.30. The number of ether oxygens (including phenoxy) is 3. The lowest BCUT2D eigenvalue weighted by molar-refractivity contribution is -0.167. The van der Waals surface area contributed by atoms with Crippen LogP contribution in [0, 0.1) is 0 Å². The smallest absolute Gasteiger partial charge is 0.306 e. The van der Waals surface area contributed by atoms with Gasteiger partial charge in [0.2, 0.25) is 0 Å². The molecule has 0 rings (SSSR count). The molecule has 0 bridgehead atoms. The van der Waals surface area contributed by atoms with Gasteiger partial charge < -0.3 is 14.2 Å². The van der Waals surface area contributed by atoms with Crippen molar-refractivity contribution in [2.24, 2.45) is 0 Å². The molecule has 0 aliphatic heterocycles. The largest absolute Gasteiger partial charge is 0.462 e. The van der Waals surface area contributed by atoms with Crippen LogP contribution in [-0.2, 0) is 28.6 Å². The van der Waals surface area contributed by atoms with Gasteiger partial charge in [-0.2, -0.15) is 0 Å². The molecule has 6 heteroatoms. The second-order valence-electron chi connectivity index (χ2n) is 23.1. The van der Waals surface area contributed by atoms with Gasteiger partial charge >= 0.3 is 17.9 Å². The number of rotatable bonds is 63. The van der Waals surface area contributed by atoms with E-state index in [0.29, 0.717) is 19.3 Å². The van der Waals surface area contributed by atoms with E-state index in [1.165, 1.54) is 257 Å². The van der Waals surface area contributed by atoms with E-state index in [1.807, 2.05) is 0 Å². The summed E-state index contributed by atoms with van der Waals surface area (Å²) >= 11 is 0. The fourth-order valence-corrected chi connectivity index (χ4v) is 10.2. The Kier molecular flexibility index (Phi) is 63.1. The summed E-state index contributed by atoms with van der Waals surface area (Å²) in [6, 6.07) is 0. The number of unbranched alkanes of at least 4 members (excludes halogenated alkanes) is 46. The van der Waals surface area contributed by atoms with E-state index in [4.69, 9.17) is 14.2 Å². The molecule has 1 unspecified atom stereocenters. The summed E-state index contributed by atoms with van der Waals surface area (Å²) in [5, 5.41) is 0. The molecule has 1 atom stereocenters. The van der Waals surface area contributed by atoms with Crippen molar-refractivity contribution in [1.82, 2.24) is 0 Å². The van der Waals surface area contributed by atoms with E-state index >= 15 is 0 Å². The van der Waals surface area contributed by atoms with E-state index in [9.17, 15) is 14.4 Å². The second-order valence-corrected chi connectivity index (χ2v) is 23.1. The van der Waals surface area contributed by atoms with Crippen molar-refractivity contribution in [3.63, 3.8) is 0 Å². The Morgan fingerprint density at radius 1 is 0.263 bits per heavy atom. The Morgan fingerprint density at radius 2 is 0.474 bits per heavy atom. The number of esters is 3. The molecule has 0 aliphatic rings. The van der Waals surface area contributed by atoms with E-state index in [1.54, 1.807) is 0 Å². The normalized spacial score (nSPS) is 12.2. The first-order valence-electron chi connectivity index (χ1n) is 34.0. The van der Waals surface area contributed by atoms with Crippen molar-refractivity contribution in [2.75, 3.05) is 13.2 Å². The van der Waals surface area contributed by atoms with Crippen LogP contribution < -0.4 is 0 Å². The minimum absolute atomic E-state index is 0.0730. The van der Waals surface area contributed by atoms with Gasteiger partial charge in [0.1, 0.15) is 13.2 Å². The van der Waals surface area contributed by atoms with Crippen molar-refractivity contribution >= 4 is 17.9 Å². The van der Waals surface area contributed by atoms with Crippen LogP contribution in [0.3, 0.4) is 0 Å². The third-order valence-electron chi connectivity index (χ3n) is 15.4. The standard InChI is InChI=1S/C70H130O6/c1-4-7-10-13-16-19-22-25-28-30-32-34-36-37-39-42-45-48-51-54-57-60-63-69(72)75-66-67(65-74-68(71)62-59-56-53-50-47-44-41-27-24-21-18-15-12-9-6-3)76-70(73)64-61-58-55-52-49-46-43-40-38-35-33-31-29-26-23-20-17-14-11-8-5-2/h18,21,27,31,33,41,67H,4-17,19-20,22-26,28-30,32,34-40,42-66H2,1-3H3/b21-18-,33-31-,41-27-. The summed E-state index contributed by atoms with van der Waals surface area (Å²) in [5.74, 6) is -0.863. The van der Waals surface area contributed by atoms with Gasteiger partial charge in [0, 0.05) is 19.3 Å². The molecule has 0 N–H and O–H groups in total. The Labute approximate surface area is 474 Å². The Balaban J connectivity index is 4.30. The van der Waals surface area contributed by atoms with Crippen molar-refractivity contribution in [2.45, 2.75) is 380 Å². The van der Waals surface area contributed by atoms with Gasteiger partial charge in [-0.3, -0.25) is 14.4 Å². The molecule has 0 amide bonds. The highest BCUT2D eigenvalue weighted by molar-refractivity contribution is 5.71. The van der Waals surface area contributed by atoms with Gasteiger partial charge in [0.15, 0.2) is 6.10 Å². The van der Waals surface area contributed by atoms with E-state index < -0.39 is 6.10 Å². The highest BCUT2D eigenvalue weighted by Gasteiger charge is 2.19. The summed E-state index contributed by atoms with van der Waals surface area (Å²) in [6.45, 7) is 6.67. The van der Waals surface area contributed by atoms with Crippen LogP contribution in [0.15, 0.2) is 36.5 Å². The number of hydrogen-bond acceptors (Lipinski definition) is 6. The molecule has 0 heterocycles. The molecular formula is C70H130O6. The number of carbonyl (C=O) groups is 3. The Bertz CT molecular complexity index is 1270. The van der Waals surface area contributed by atoms with Crippen molar-refractivity contribution in [1.29, 1.82) is 0 Å². The molecule has 76 heavy (non-hydrogen) atoms. The molecule has 0 radical (unpaired) electrons. The van der Waals surface area contributed by atoms with Crippen LogP contribution >= 0.6 is 0 Å². The molecule has 0 aromatic rings. The number of carbonyl (C=O) groups excluding carboxylic acids is 3. The average Bonchev–Trinajstić information content (AvgIpc) is 3.42. The zero-order chi connectivity index (χ0) is 55.0. The van der Waals surface area contributed by atoms with Crippen molar-refractivity contribution in [3.05, 3.63) is 36.5 Å². The molecule has 0 fully saturated rings. The van der Waals surface area contributed by atoms with Crippen LogP contribution in [0.4, 0.5) is 0 Å². The highest BCUT2D eigenvalue weighted by Crippen LogP contribution is 2.18. The van der Waals surface area contributed by atoms with Gasteiger partial charge in [0.25, 0.3) is 0 Å². The average molecular weight is 1070 g/mol. The molecule has 0 aromatic heterocycles. The maximum absolute atomic E-state index is 12.9.